The van der Waals surface area contributed by atoms with Crippen molar-refractivity contribution in [2.24, 2.45) is 7.05 Å². The van der Waals surface area contributed by atoms with Crippen LogP contribution >= 0.6 is 0 Å². The van der Waals surface area contributed by atoms with Crippen LogP contribution < -0.4 is 5.32 Å². The molecule has 0 saturated heterocycles. The smallest absolute Gasteiger partial charge is 0.317 e. The van der Waals surface area contributed by atoms with Crippen LogP contribution in [-0.2, 0) is 20.1 Å². The summed E-state index contributed by atoms with van der Waals surface area (Å²) in [5, 5.41) is 7.03. The van der Waals surface area contributed by atoms with Gasteiger partial charge in [0.15, 0.2) is 0 Å². The second kappa shape index (κ2) is 7.66. The molecule has 25 heavy (non-hydrogen) atoms. The minimum atomic E-state index is -0.105. The number of benzene rings is 2. The van der Waals surface area contributed by atoms with E-state index >= 15 is 0 Å². The van der Waals surface area contributed by atoms with Crippen LogP contribution in [0.3, 0.4) is 0 Å². The van der Waals surface area contributed by atoms with Crippen LogP contribution in [0.5, 0.6) is 0 Å². The zero-order valence-electron chi connectivity index (χ0n) is 14.5. The summed E-state index contributed by atoms with van der Waals surface area (Å²) in [6.07, 6.45) is 3.65. The van der Waals surface area contributed by atoms with E-state index in [0.29, 0.717) is 13.1 Å². The molecule has 0 bridgehead atoms. The van der Waals surface area contributed by atoms with Gasteiger partial charge in [0.05, 0.1) is 6.20 Å². The Labute approximate surface area is 147 Å². The van der Waals surface area contributed by atoms with Crippen molar-refractivity contribution >= 4 is 6.03 Å². The van der Waals surface area contributed by atoms with Gasteiger partial charge in [-0.15, -0.1) is 0 Å². The number of hydrogen-bond donors (Lipinski definition) is 1. The maximum atomic E-state index is 12.4. The molecule has 2 aromatic carbocycles. The molecule has 0 aliphatic heterocycles. The number of urea groups is 1. The van der Waals surface area contributed by atoms with Gasteiger partial charge in [-0.05, 0) is 16.7 Å². The summed E-state index contributed by atoms with van der Waals surface area (Å²) in [6.45, 7) is 1.02. The number of amides is 2. The maximum Gasteiger partial charge on any atom is 0.317 e. The van der Waals surface area contributed by atoms with E-state index in [1.807, 2.05) is 43.6 Å². The maximum absolute atomic E-state index is 12.4. The van der Waals surface area contributed by atoms with Gasteiger partial charge in [-0.25, -0.2) is 4.79 Å². The van der Waals surface area contributed by atoms with Crippen molar-refractivity contribution in [1.29, 1.82) is 0 Å². The third-order valence-electron chi connectivity index (χ3n) is 4.06. The lowest BCUT2D eigenvalue weighted by Gasteiger charge is -2.20. The highest BCUT2D eigenvalue weighted by Crippen LogP contribution is 2.24. The summed E-state index contributed by atoms with van der Waals surface area (Å²) < 4.78 is 1.72. The monoisotopic (exact) mass is 334 g/mol. The van der Waals surface area contributed by atoms with Crippen molar-refractivity contribution in [3.05, 3.63) is 78.1 Å². The standard InChI is InChI=1S/C20H22N4O/c1-23(20(25)21-12-16-13-22-24(2)14-16)15-18-10-6-7-11-19(18)17-8-4-3-5-9-17/h3-11,13-14H,12,15H2,1-2H3,(H,21,25). The summed E-state index contributed by atoms with van der Waals surface area (Å²) in [5.41, 5.74) is 4.40. The molecular weight excluding hydrogens is 312 g/mol. The van der Waals surface area contributed by atoms with Gasteiger partial charge >= 0.3 is 6.03 Å². The van der Waals surface area contributed by atoms with E-state index < -0.39 is 0 Å². The molecule has 0 aliphatic rings. The number of aromatic nitrogens is 2. The van der Waals surface area contributed by atoms with E-state index in [9.17, 15) is 4.79 Å². The largest absolute Gasteiger partial charge is 0.334 e. The molecule has 1 aromatic heterocycles. The summed E-state index contributed by atoms with van der Waals surface area (Å²) in [7, 11) is 3.66. The van der Waals surface area contributed by atoms with Gasteiger partial charge in [0, 0.05) is 38.9 Å². The van der Waals surface area contributed by atoms with Gasteiger partial charge in [-0.3, -0.25) is 4.68 Å². The first-order valence-corrected chi connectivity index (χ1v) is 8.23. The molecule has 5 heteroatoms. The van der Waals surface area contributed by atoms with Gasteiger partial charge in [-0.1, -0.05) is 54.6 Å². The van der Waals surface area contributed by atoms with Crippen LogP contribution in [-0.4, -0.2) is 27.8 Å². The first-order valence-electron chi connectivity index (χ1n) is 8.23. The number of hydrogen-bond acceptors (Lipinski definition) is 2. The Morgan fingerprint density at radius 2 is 1.84 bits per heavy atom. The van der Waals surface area contributed by atoms with E-state index in [0.717, 1.165) is 22.3 Å². The summed E-state index contributed by atoms with van der Waals surface area (Å²) in [6, 6.07) is 18.3. The van der Waals surface area contributed by atoms with Gasteiger partial charge in [-0.2, -0.15) is 5.10 Å². The predicted octanol–water partition coefficient (Wildman–Crippen LogP) is 3.43. The normalized spacial score (nSPS) is 10.5. The number of nitrogens with zero attached hydrogens (tertiary/aromatic N) is 3. The molecule has 0 atom stereocenters. The Morgan fingerprint density at radius 3 is 2.56 bits per heavy atom. The van der Waals surface area contributed by atoms with Crippen molar-refractivity contribution in [2.75, 3.05) is 7.05 Å². The number of carbonyl (C=O) groups excluding carboxylic acids is 1. The Kier molecular flexibility index (Phi) is 5.14. The van der Waals surface area contributed by atoms with Crippen molar-refractivity contribution in [1.82, 2.24) is 20.0 Å². The van der Waals surface area contributed by atoms with E-state index in [1.54, 1.807) is 22.8 Å². The van der Waals surface area contributed by atoms with Crippen LogP contribution in [0, 0.1) is 0 Å². The molecule has 1 N–H and O–H groups in total. The molecule has 128 valence electrons. The Balaban J connectivity index is 1.66. The molecule has 3 aromatic rings. The van der Waals surface area contributed by atoms with Gasteiger partial charge in [0.25, 0.3) is 0 Å². The Bertz CT molecular complexity index is 842. The highest BCUT2D eigenvalue weighted by molar-refractivity contribution is 5.74. The number of aryl methyl sites for hydroxylation is 1. The van der Waals surface area contributed by atoms with Crippen molar-refractivity contribution in [3.63, 3.8) is 0 Å². The first kappa shape index (κ1) is 16.8. The van der Waals surface area contributed by atoms with E-state index in [2.05, 4.69) is 34.7 Å². The fourth-order valence-corrected chi connectivity index (χ4v) is 2.76. The second-order valence-electron chi connectivity index (χ2n) is 6.06. The molecule has 0 radical (unpaired) electrons. The Hall–Kier alpha value is -3.08. The SMILES string of the molecule is CN(Cc1ccccc1-c1ccccc1)C(=O)NCc1cnn(C)c1. The molecule has 0 fully saturated rings. The zero-order chi connectivity index (χ0) is 17.6. The number of carbonyl (C=O) groups is 1. The third kappa shape index (κ3) is 4.26. The number of rotatable bonds is 5. The third-order valence-corrected chi connectivity index (χ3v) is 4.06. The van der Waals surface area contributed by atoms with Gasteiger partial charge in [0.2, 0.25) is 0 Å². The topological polar surface area (TPSA) is 50.2 Å². The highest BCUT2D eigenvalue weighted by atomic mass is 16.2. The average Bonchev–Trinajstić information content (AvgIpc) is 3.06. The first-order chi connectivity index (χ1) is 12.1. The summed E-state index contributed by atoms with van der Waals surface area (Å²) >= 11 is 0. The lowest BCUT2D eigenvalue weighted by molar-refractivity contribution is 0.206. The fraction of sp³-hybridized carbons (Fsp3) is 0.200. The summed E-state index contributed by atoms with van der Waals surface area (Å²) in [5.74, 6) is 0. The molecule has 2 amide bonds. The minimum Gasteiger partial charge on any atom is -0.334 e. The second-order valence-corrected chi connectivity index (χ2v) is 6.06. The Morgan fingerprint density at radius 1 is 1.12 bits per heavy atom. The highest BCUT2D eigenvalue weighted by Gasteiger charge is 2.12. The van der Waals surface area contributed by atoms with Crippen molar-refractivity contribution < 1.29 is 4.79 Å². The zero-order valence-corrected chi connectivity index (χ0v) is 14.5. The van der Waals surface area contributed by atoms with Crippen LogP contribution in [0.2, 0.25) is 0 Å². The summed E-state index contributed by atoms with van der Waals surface area (Å²) in [4.78, 5) is 14.1. The predicted molar refractivity (Wildman–Crippen MR) is 98.8 cm³/mol. The quantitative estimate of drug-likeness (QED) is 0.777. The molecule has 0 unspecified atom stereocenters. The van der Waals surface area contributed by atoms with E-state index in [4.69, 9.17) is 0 Å². The van der Waals surface area contributed by atoms with Crippen LogP contribution in [0.4, 0.5) is 4.79 Å². The van der Waals surface area contributed by atoms with Crippen LogP contribution in [0.15, 0.2) is 67.0 Å². The average molecular weight is 334 g/mol. The van der Waals surface area contributed by atoms with Crippen LogP contribution in [0.25, 0.3) is 11.1 Å². The fourth-order valence-electron chi connectivity index (χ4n) is 2.76. The minimum absolute atomic E-state index is 0.105. The van der Waals surface area contributed by atoms with Gasteiger partial charge < -0.3 is 10.2 Å². The molecule has 0 saturated carbocycles. The molecule has 5 nitrogen and oxygen atoms in total. The lowest BCUT2D eigenvalue weighted by Crippen LogP contribution is -2.36. The lowest BCUT2D eigenvalue weighted by atomic mass is 9.99. The van der Waals surface area contributed by atoms with E-state index in [1.165, 1.54) is 0 Å². The van der Waals surface area contributed by atoms with Crippen molar-refractivity contribution in [2.45, 2.75) is 13.1 Å². The number of nitrogens with one attached hydrogen (secondary N) is 1. The molecule has 1 heterocycles. The van der Waals surface area contributed by atoms with E-state index in [-0.39, 0.29) is 6.03 Å². The van der Waals surface area contributed by atoms with Crippen LogP contribution in [0.1, 0.15) is 11.1 Å². The molecule has 0 aliphatic carbocycles. The molecular formula is C20H22N4O. The van der Waals surface area contributed by atoms with Gasteiger partial charge in [0.1, 0.15) is 0 Å². The molecule has 0 spiro atoms. The molecule has 3 rings (SSSR count). The van der Waals surface area contributed by atoms with Crippen molar-refractivity contribution in [3.8, 4) is 11.1 Å².